The predicted octanol–water partition coefficient (Wildman–Crippen LogP) is 3.85. The fourth-order valence-electron chi connectivity index (χ4n) is 1.86. The number of aromatic carboxylic acids is 1. The van der Waals surface area contributed by atoms with E-state index in [4.69, 9.17) is 21.1 Å². The van der Waals surface area contributed by atoms with Crippen LogP contribution in [0.15, 0.2) is 46.9 Å². The first-order valence-corrected chi connectivity index (χ1v) is 5.92. The van der Waals surface area contributed by atoms with Gasteiger partial charge < -0.3 is 9.52 Å². The Bertz CT molecular complexity index is 779. The molecule has 0 aliphatic carbocycles. The molecule has 0 saturated heterocycles. The lowest BCUT2D eigenvalue weighted by molar-refractivity contribution is 0.0698. The summed E-state index contributed by atoms with van der Waals surface area (Å²) < 4.78 is 5.55. The van der Waals surface area contributed by atoms with Crippen LogP contribution in [0.2, 0.25) is 5.02 Å². The van der Waals surface area contributed by atoms with Crippen LogP contribution < -0.4 is 0 Å². The van der Waals surface area contributed by atoms with Gasteiger partial charge in [0.1, 0.15) is 11.1 Å². The minimum Gasteiger partial charge on any atom is -0.478 e. The molecule has 0 saturated carbocycles. The molecule has 1 N–H and O–H groups in total. The summed E-state index contributed by atoms with van der Waals surface area (Å²) in [6, 6.07) is 11.9. The van der Waals surface area contributed by atoms with E-state index in [0.29, 0.717) is 22.0 Å². The first-order valence-electron chi connectivity index (χ1n) is 5.54. The molecule has 4 nitrogen and oxygen atoms in total. The largest absolute Gasteiger partial charge is 0.478 e. The molecule has 3 aromatic rings. The first kappa shape index (κ1) is 11.7. The molecule has 0 bridgehead atoms. The molecule has 1 aromatic heterocycles. The van der Waals surface area contributed by atoms with Gasteiger partial charge in [-0.15, -0.1) is 0 Å². The summed E-state index contributed by atoms with van der Waals surface area (Å²) in [4.78, 5) is 15.4. The van der Waals surface area contributed by atoms with Gasteiger partial charge in [0, 0.05) is 10.6 Å². The van der Waals surface area contributed by atoms with Gasteiger partial charge in [-0.1, -0.05) is 23.7 Å². The van der Waals surface area contributed by atoms with E-state index in [2.05, 4.69) is 4.98 Å². The molecule has 0 aliphatic heterocycles. The Morgan fingerprint density at radius 2 is 2.00 bits per heavy atom. The molecule has 0 atom stereocenters. The third-order valence-corrected chi connectivity index (χ3v) is 2.95. The number of fused-ring (bicyclic) bond motifs is 1. The minimum absolute atomic E-state index is 0.0956. The van der Waals surface area contributed by atoms with Crippen molar-refractivity contribution in [2.45, 2.75) is 0 Å². The predicted molar refractivity (Wildman–Crippen MR) is 71.4 cm³/mol. The second-order valence-corrected chi connectivity index (χ2v) is 4.42. The molecule has 5 heteroatoms. The molecule has 3 rings (SSSR count). The van der Waals surface area contributed by atoms with Gasteiger partial charge in [-0.05, 0) is 30.3 Å². The number of hydrogen-bond donors (Lipinski definition) is 1. The number of oxazole rings is 1. The third-order valence-electron chi connectivity index (χ3n) is 2.72. The molecule has 19 heavy (non-hydrogen) atoms. The number of para-hydroxylation sites is 1. The number of aromatic nitrogens is 1. The Hall–Kier alpha value is -2.33. The van der Waals surface area contributed by atoms with Gasteiger partial charge in [0.25, 0.3) is 0 Å². The van der Waals surface area contributed by atoms with Crippen LogP contribution in [0.1, 0.15) is 10.4 Å². The number of benzene rings is 2. The van der Waals surface area contributed by atoms with E-state index < -0.39 is 5.97 Å². The average molecular weight is 274 g/mol. The highest BCUT2D eigenvalue weighted by molar-refractivity contribution is 6.30. The number of nitrogens with zero attached hydrogens (tertiary/aromatic N) is 1. The molecule has 0 radical (unpaired) electrons. The quantitative estimate of drug-likeness (QED) is 0.770. The van der Waals surface area contributed by atoms with Crippen LogP contribution in [-0.2, 0) is 0 Å². The van der Waals surface area contributed by atoms with Crippen molar-refractivity contribution in [1.82, 2.24) is 4.98 Å². The van der Waals surface area contributed by atoms with Crippen molar-refractivity contribution in [3.05, 3.63) is 53.1 Å². The summed E-state index contributed by atoms with van der Waals surface area (Å²) in [7, 11) is 0. The Morgan fingerprint density at radius 3 is 2.74 bits per heavy atom. The van der Waals surface area contributed by atoms with Gasteiger partial charge in [-0.3, -0.25) is 0 Å². The fraction of sp³-hybridized carbons (Fsp3) is 0. The van der Waals surface area contributed by atoms with E-state index in [-0.39, 0.29) is 11.1 Å². The number of rotatable bonds is 2. The summed E-state index contributed by atoms with van der Waals surface area (Å²) in [6.45, 7) is 0. The van der Waals surface area contributed by atoms with Crippen LogP contribution in [0.25, 0.3) is 22.6 Å². The topological polar surface area (TPSA) is 63.3 Å². The molecule has 2 aromatic carbocycles. The minimum atomic E-state index is -1.04. The van der Waals surface area contributed by atoms with Crippen molar-refractivity contribution in [2.75, 3.05) is 0 Å². The molecule has 0 aliphatic rings. The smallest absolute Gasteiger partial charge is 0.339 e. The molecule has 1 heterocycles. The van der Waals surface area contributed by atoms with E-state index >= 15 is 0 Å². The zero-order chi connectivity index (χ0) is 13.4. The molecule has 0 unspecified atom stereocenters. The van der Waals surface area contributed by atoms with Gasteiger partial charge in [-0.2, -0.15) is 0 Å². The number of carboxylic acid groups (broad SMARTS) is 1. The zero-order valence-electron chi connectivity index (χ0n) is 9.63. The summed E-state index contributed by atoms with van der Waals surface area (Å²) in [5.41, 5.74) is 1.58. The third kappa shape index (κ3) is 2.06. The van der Waals surface area contributed by atoms with E-state index in [1.165, 1.54) is 6.07 Å². The molecular weight excluding hydrogens is 266 g/mol. The lowest BCUT2D eigenvalue weighted by atomic mass is 10.2. The highest BCUT2D eigenvalue weighted by Crippen LogP contribution is 2.27. The van der Waals surface area contributed by atoms with Crippen LogP contribution in [0.5, 0.6) is 0 Å². The Labute approximate surface area is 113 Å². The fourth-order valence-corrected chi connectivity index (χ4v) is 2.05. The SMILES string of the molecule is O=C(O)c1cccc2nc(-c3cccc(Cl)c3)oc12. The van der Waals surface area contributed by atoms with Gasteiger partial charge in [0.05, 0.1) is 0 Å². The first-order chi connectivity index (χ1) is 9.15. The normalized spacial score (nSPS) is 10.8. The maximum atomic E-state index is 11.1. The molecular formula is C14H8ClNO3. The van der Waals surface area contributed by atoms with Gasteiger partial charge in [0.15, 0.2) is 5.58 Å². The van der Waals surface area contributed by atoms with Crippen molar-refractivity contribution in [2.24, 2.45) is 0 Å². The van der Waals surface area contributed by atoms with E-state index in [1.54, 1.807) is 36.4 Å². The van der Waals surface area contributed by atoms with E-state index in [1.807, 2.05) is 0 Å². The van der Waals surface area contributed by atoms with Crippen molar-refractivity contribution < 1.29 is 14.3 Å². The van der Waals surface area contributed by atoms with Crippen LogP contribution in [0.3, 0.4) is 0 Å². The summed E-state index contributed by atoms with van der Waals surface area (Å²) in [6.07, 6.45) is 0. The highest BCUT2D eigenvalue weighted by Gasteiger charge is 2.15. The highest BCUT2D eigenvalue weighted by atomic mass is 35.5. The molecule has 0 fully saturated rings. The van der Waals surface area contributed by atoms with Crippen molar-refractivity contribution in [3.8, 4) is 11.5 Å². The van der Waals surface area contributed by atoms with Crippen molar-refractivity contribution in [3.63, 3.8) is 0 Å². The maximum absolute atomic E-state index is 11.1. The van der Waals surface area contributed by atoms with Crippen LogP contribution in [0, 0.1) is 0 Å². The monoisotopic (exact) mass is 273 g/mol. The maximum Gasteiger partial charge on any atom is 0.339 e. The van der Waals surface area contributed by atoms with Gasteiger partial charge in [-0.25, -0.2) is 9.78 Å². The van der Waals surface area contributed by atoms with Gasteiger partial charge >= 0.3 is 5.97 Å². The molecule has 0 amide bonds. The average Bonchev–Trinajstić information content (AvgIpc) is 2.82. The summed E-state index contributed by atoms with van der Waals surface area (Å²) >= 11 is 5.91. The van der Waals surface area contributed by atoms with E-state index in [9.17, 15) is 4.79 Å². The standard InChI is InChI=1S/C14H8ClNO3/c15-9-4-1-3-8(7-9)13-16-11-6-2-5-10(14(17)18)12(11)19-13/h1-7H,(H,17,18). The van der Waals surface area contributed by atoms with Gasteiger partial charge in [0.2, 0.25) is 5.89 Å². The molecule has 0 spiro atoms. The Morgan fingerprint density at radius 1 is 1.21 bits per heavy atom. The van der Waals surface area contributed by atoms with Crippen molar-refractivity contribution in [1.29, 1.82) is 0 Å². The van der Waals surface area contributed by atoms with Crippen molar-refractivity contribution >= 4 is 28.7 Å². The lowest BCUT2D eigenvalue weighted by Gasteiger charge is -1.95. The Kier molecular flexibility index (Phi) is 2.72. The number of carboxylic acids is 1. The number of hydrogen-bond acceptors (Lipinski definition) is 3. The zero-order valence-corrected chi connectivity index (χ0v) is 10.4. The van der Waals surface area contributed by atoms with Crippen LogP contribution >= 0.6 is 11.6 Å². The second-order valence-electron chi connectivity index (χ2n) is 3.99. The summed E-state index contributed by atoms with van der Waals surface area (Å²) in [5, 5.41) is 9.67. The van der Waals surface area contributed by atoms with Crippen LogP contribution in [0.4, 0.5) is 0 Å². The van der Waals surface area contributed by atoms with E-state index in [0.717, 1.165) is 0 Å². The Balaban J connectivity index is 2.22. The second kappa shape index (κ2) is 4.40. The number of halogens is 1. The lowest BCUT2D eigenvalue weighted by Crippen LogP contribution is -1.95. The number of carbonyl (C=O) groups is 1. The summed E-state index contributed by atoms with van der Waals surface area (Å²) in [5.74, 6) is -0.689. The van der Waals surface area contributed by atoms with Crippen LogP contribution in [-0.4, -0.2) is 16.1 Å². The molecule has 94 valence electrons.